The molecule has 5 nitrogen and oxygen atoms in total. The summed E-state index contributed by atoms with van der Waals surface area (Å²) in [6.07, 6.45) is 7.00. The number of pyridine rings is 1. The predicted octanol–water partition coefficient (Wildman–Crippen LogP) is 6.78. The monoisotopic (exact) mass is 422 g/mol. The molecule has 0 radical (unpaired) electrons. The van der Waals surface area contributed by atoms with Crippen LogP contribution in [0.25, 0.3) is 17.0 Å². The van der Waals surface area contributed by atoms with Crippen LogP contribution in [-0.4, -0.2) is 22.3 Å². The Morgan fingerprint density at radius 3 is 2.77 bits per heavy atom. The molecule has 3 rings (SSSR count). The van der Waals surface area contributed by atoms with Crippen molar-refractivity contribution >= 4 is 34.6 Å². The fourth-order valence-corrected chi connectivity index (χ4v) is 3.31. The molecule has 0 fully saturated rings. The molecule has 2 aromatic heterocycles. The van der Waals surface area contributed by atoms with Crippen molar-refractivity contribution in [1.29, 1.82) is 0 Å². The number of hydrogen-bond acceptors (Lipinski definition) is 4. The topological polar surface area (TPSA) is 55.6 Å². The largest absolute Gasteiger partial charge is 0.456 e. The number of allylic oxidation sites excluding steroid dienone is 1. The summed E-state index contributed by atoms with van der Waals surface area (Å²) in [5.74, 6) is 1.17. The average molecular weight is 423 g/mol. The summed E-state index contributed by atoms with van der Waals surface area (Å²) in [6.45, 7) is 15.8. The standard InChI is InChI=1S/C24H23ClN2O3/c1-6-11-27(15(4)7-2)24(28)18-14-26-10-9-21(18)30-23-12-17-16(5)20(8-3)29-22(17)13-19(23)25/h7-10,12-14H,2-4,6,11H2,1,5H3. The van der Waals surface area contributed by atoms with Crippen LogP contribution < -0.4 is 4.74 Å². The Kier molecular flexibility index (Phi) is 6.43. The minimum atomic E-state index is -0.268. The van der Waals surface area contributed by atoms with Gasteiger partial charge in [-0.1, -0.05) is 38.3 Å². The van der Waals surface area contributed by atoms with Crippen LogP contribution in [0.15, 0.2) is 66.5 Å². The summed E-state index contributed by atoms with van der Waals surface area (Å²) in [4.78, 5) is 18.8. The molecule has 2 heterocycles. The first-order valence-electron chi connectivity index (χ1n) is 9.51. The highest BCUT2D eigenvalue weighted by molar-refractivity contribution is 6.32. The molecule has 1 amide bonds. The number of nitrogens with zero attached hydrogens (tertiary/aromatic N) is 2. The molecule has 3 aromatic rings. The number of aromatic nitrogens is 1. The van der Waals surface area contributed by atoms with E-state index in [1.807, 2.05) is 13.8 Å². The Morgan fingerprint density at radius 1 is 1.33 bits per heavy atom. The molecule has 0 atom stereocenters. The SMILES string of the molecule is C=CC(=C)N(CCC)C(=O)c1cnccc1Oc1cc2c(C)c(C=C)oc2cc1Cl. The van der Waals surface area contributed by atoms with Gasteiger partial charge in [0.1, 0.15) is 28.4 Å². The van der Waals surface area contributed by atoms with Gasteiger partial charge in [-0.05, 0) is 37.6 Å². The number of carbonyl (C=O) groups is 1. The van der Waals surface area contributed by atoms with Crippen LogP contribution >= 0.6 is 11.6 Å². The van der Waals surface area contributed by atoms with Crippen molar-refractivity contribution in [2.24, 2.45) is 0 Å². The van der Waals surface area contributed by atoms with Gasteiger partial charge in [-0.2, -0.15) is 0 Å². The van der Waals surface area contributed by atoms with E-state index in [9.17, 15) is 4.79 Å². The first-order chi connectivity index (χ1) is 14.4. The second kappa shape index (κ2) is 9.01. The Morgan fingerprint density at radius 2 is 2.10 bits per heavy atom. The third-order valence-corrected chi connectivity index (χ3v) is 5.01. The highest BCUT2D eigenvalue weighted by atomic mass is 35.5. The minimum absolute atomic E-state index is 0.268. The number of halogens is 1. The van der Waals surface area contributed by atoms with Gasteiger partial charge >= 0.3 is 0 Å². The first kappa shape index (κ1) is 21.4. The van der Waals surface area contributed by atoms with Gasteiger partial charge in [-0.3, -0.25) is 9.78 Å². The molecule has 0 N–H and O–H groups in total. The molecule has 1 aromatic carbocycles. The number of ether oxygens (including phenoxy) is 1. The Balaban J connectivity index is 2.02. The molecule has 0 aliphatic carbocycles. The average Bonchev–Trinajstić information content (AvgIpc) is 3.06. The summed E-state index contributed by atoms with van der Waals surface area (Å²) >= 11 is 6.43. The van der Waals surface area contributed by atoms with Gasteiger partial charge in [0.25, 0.3) is 5.91 Å². The highest BCUT2D eigenvalue weighted by Crippen LogP contribution is 2.38. The molecule has 0 bridgehead atoms. The van der Waals surface area contributed by atoms with Crippen molar-refractivity contribution in [3.63, 3.8) is 0 Å². The number of benzene rings is 1. The molecule has 30 heavy (non-hydrogen) atoms. The molecule has 0 saturated heterocycles. The normalized spacial score (nSPS) is 10.6. The third-order valence-electron chi connectivity index (χ3n) is 4.72. The van der Waals surface area contributed by atoms with E-state index in [0.717, 1.165) is 17.4 Å². The molecule has 0 aliphatic heterocycles. The number of rotatable bonds is 8. The van der Waals surface area contributed by atoms with E-state index >= 15 is 0 Å². The lowest BCUT2D eigenvalue weighted by atomic mass is 10.1. The predicted molar refractivity (Wildman–Crippen MR) is 121 cm³/mol. The number of aryl methyl sites for hydroxylation is 1. The summed E-state index contributed by atoms with van der Waals surface area (Å²) in [5.41, 5.74) is 2.40. The minimum Gasteiger partial charge on any atom is -0.456 e. The van der Waals surface area contributed by atoms with E-state index in [0.29, 0.717) is 45.7 Å². The molecule has 0 unspecified atom stereocenters. The zero-order chi connectivity index (χ0) is 21.8. The fraction of sp³-hybridized carbons (Fsp3) is 0.167. The van der Waals surface area contributed by atoms with E-state index in [4.69, 9.17) is 20.8 Å². The Labute approximate surface area is 180 Å². The summed E-state index contributed by atoms with van der Waals surface area (Å²) in [5, 5.41) is 1.22. The number of fused-ring (bicyclic) bond motifs is 1. The molecule has 0 aliphatic rings. The van der Waals surface area contributed by atoms with Gasteiger partial charge in [-0.25, -0.2) is 0 Å². The van der Waals surface area contributed by atoms with Crippen LogP contribution in [0.4, 0.5) is 0 Å². The number of furan rings is 1. The van der Waals surface area contributed by atoms with Crippen LogP contribution in [0.1, 0.15) is 35.0 Å². The summed E-state index contributed by atoms with van der Waals surface area (Å²) in [7, 11) is 0. The third kappa shape index (κ3) is 4.02. The summed E-state index contributed by atoms with van der Waals surface area (Å²) in [6, 6.07) is 5.12. The van der Waals surface area contributed by atoms with E-state index in [1.54, 1.807) is 41.4 Å². The van der Waals surface area contributed by atoms with Crippen molar-refractivity contribution in [2.45, 2.75) is 20.3 Å². The summed E-state index contributed by atoms with van der Waals surface area (Å²) < 4.78 is 11.8. The highest BCUT2D eigenvalue weighted by Gasteiger charge is 2.22. The maximum Gasteiger partial charge on any atom is 0.263 e. The second-order valence-electron chi connectivity index (χ2n) is 6.70. The number of carbonyl (C=O) groups excluding carboxylic acids is 1. The Hall–Kier alpha value is -3.31. The smallest absolute Gasteiger partial charge is 0.263 e. The van der Waals surface area contributed by atoms with E-state index in [1.165, 1.54) is 6.20 Å². The van der Waals surface area contributed by atoms with Gasteiger partial charge in [0.15, 0.2) is 0 Å². The Bertz CT molecular complexity index is 1150. The molecule has 6 heteroatoms. The molecule has 0 spiro atoms. The zero-order valence-corrected chi connectivity index (χ0v) is 17.8. The maximum atomic E-state index is 13.2. The lowest BCUT2D eigenvalue weighted by Crippen LogP contribution is -2.30. The van der Waals surface area contributed by atoms with Crippen molar-refractivity contribution in [3.8, 4) is 11.5 Å². The fourth-order valence-electron chi connectivity index (χ4n) is 3.12. The van der Waals surface area contributed by atoms with Crippen LogP contribution in [0, 0.1) is 6.92 Å². The van der Waals surface area contributed by atoms with Crippen molar-refractivity contribution in [2.75, 3.05) is 6.54 Å². The van der Waals surface area contributed by atoms with Gasteiger partial charge in [0.2, 0.25) is 0 Å². The molecular weight excluding hydrogens is 400 g/mol. The first-order valence-corrected chi connectivity index (χ1v) is 9.89. The lowest BCUT2D eigenvalue weighted by molar-refractivity contribution is 0.0808. The van der Waals surface area contributed by atoms with Crippen LogP contribution in [-0.2, 0) is 0 Å². The molecule has 154 valence electrons. The van der Waals surface area contributed by atoms with Crippen molar-refractivity contribution < 1.29 is 13.9 Å². The van der Waals surface area contributed by atoms with E-state index < -0.39 is 0 Å². The number of hydrogen-bond donors (Lipinski definition) is 0. The van der Waals surface area contributed by atoms with Crippen LogP contribution in [0.2, 0.25) is 5.02 Å². The van der Waals surface area contributed by atoms with Gasteiger partial charge in [0.05, 0.1) is 5.02 Å². The van der Waals surface area contributed by atoms with Gasteiger partial charge in [0, 0.05) is 41.7 Å². The zero-order valence-electron chi connectivity index (χ0n) is 17.1. The lowest BCUT2D eigenvalue weighted by Gasteiger charge is -2.23. The maximum absolute atomic E-state index is 13.2. The van der Waals surface area contributed by atoms with Crippen LogP contribution in [0.3, 0.4) is 0 Å². The van der Waals surface area contributed by atoms with Gasteiger partial charge < -0.3 is 14.1 Å². The quantitative estimate of drug-likeness (QED) is 0.375. The van der Waals surface area contributed by atoms with Gasteiger partial charge in [-0.15, -0.1) is 0 Å². The van der Waals surface area contributed by atoms with Crippen molar-refractivity contribution in [1.82, 2.24) is 9.88 Å². The van der Waals surface area contributed by atoms with Crippen molar-refractivity contribution in [3.05, 3.63) is 84.0 Å². The van der Waals surface area contributed by atoms with Crippen LogP contribution in [0.5, 0.6) is 11.5 Å². The molecular formula is C24H23ClN2O3. The van der Waals surface area contributed by atoms with E-state index in [-0.39, 0.29) is 5.91 Å². The van der Waals surface area contributed by atoms with E-state index in [2.05, 4.69) is 24.7 Å². The number of amides is 1. The second-order valence-corrected chi connectivity index (χ2v) is 7.11. The molecule has 0 saturated carbocycles.